The molecule has 0 aliphatic rings. The van der Waals surface area contributed by atoms with Crippen LogP contribution in [0.1, 0.15) is 17.5 Å². The number of halogens is 3. The van der Waals surface area contributed by atoms with Crippen LogP contribution in [-0.4, -0.2) is 11.8 Å². The Morgan fingerprint density at radius 3 is 2.62 bits per heavy atom. The van der Waals surface area contributed by atoms with E-state index in [9.17, 15) is 18.0 Å². The molecule has 0 spiro atoms. The molecule has 16 heavy (non-hydrogen) atoms. The molecule has 1 nitrogen and oxygen atoms in total. The quantitative estimate of drug-likeness (QED) is 0.596. The second kappa shape index (κ2) is 5.39. The highest BCUT2D eigenvalue weighted by molar-refractivity contribution is 8.00. The fourth-order valence-electron chi connectivity index (χ4n) is 1.30. The van der Waals surface area contributed by atoms with E-state index in [0.29, 0.717) is 18.3 Å². The van der Waals surface area contributed by atoms with Crippen molar-refractivity contribution in [2.24, 2.45) is 0 Å². The van der Waals surface area contributed by atoms with Crippen molar-refractivity contribution in [3.05, 3.63) is 29.3 Å². The van der Waals surface area contributed by atoms with Crippen molar-refractivity contribution in [2.75, 3.05) is 0 Å². The number of rotatable bonds is 4. The van der Waals surface area contributed by atoms with Crippen LogP contribution in [0.3, 0.4) is 0 Å². The number of hydrogen-bond acceptors (Lipinski definition) is 2. The van der Waals surface area contributed by atoms with E-state index in [4.69, 9.17) is 0 Å². The largest absolute Gasteiger partial charge is 0.446 e. The van der Waals surface area contributed by atoms with Gasteiger partial charge in [0.05, 0.1) is 0 Å². The number of benzene rings is 1. The summed E-state index contributed by atoms with van der Waals surface area (Å²) in [6.45, 7) is 1.74. The molecular formula is C11H11F3OS. The van der Waals surface area contributed by atoms with Crippen LogP contribution >= 0.6 is 11.8 Å². The van der Waals surface area contributed by atoms with E-state index in [0.717, 1.165) is 5.56 Å². The molecule has 0 bridgehead atoms. The summed E-state index contributed by atoms with van der Waals surface area (Å²) in [5.74, 6) is 0. The SMILES string of the molecule is Cc1ccc(CCC=O)c(SC(F)(F)F)c1. The van der Waals surface area contributed by atoms with Gasteiger partial charge in [0.1, 0.15) is 6.29 Å². The zero-order valence-corrected chi connectivity index (χ0v) is 9.49. The summed E-state index contributed by atoms with van der Waals surface area (Å²) in [6.07, 6.45) is 1.30. The topological polar surface area (TPSA) is 17.1 Å². The third-order valence-corrected chi connectivity index (χ3v) is 2.81. The summed E-state index contributed by atoms with van der Waals surface area (Å²) in [5, 5.41) is 0. The Kier molecular flexibility index (Phi) is 4.41. The second-order valence-corrected chi connectivity index (χ2v) is 4.47. The van der Waals surface area contributed by atoms with Gasteiger partial charge in [-0.25, -0.2) is 0 Å². The lowest BCUT2D eigenvalue weighted by molar-refractivity contribution is -0.107. The van der Waals surface area contributed by atoms with Gasteiger partial charge in [0, 0.05) is 11.3 Å². The zero-order chi connectivity index (χ0) is 12.2. The average molecular weight is 248 g/mol. The van der Waals surface area contributed by atoms with Gasteiger partial charge in [0.2, 0.25) is 0 Å². The summed E-state index contributed by atoms with van der Waals surface area (Å²) < 4.78 is 36.8. The highest BCUT2D eigenvalue weighted by Gasteiger charge is 2.30. The van der Waals surface area contributed by atoms with Crippen LogP contribution in [0.5, 0.6) is 0 Å². The number of aryl methyl sites for hydroxylation is 2. The molecule has 0 saturated carbocycles. The monoisotopic (exact) mass is 248 g/mol. The van der Waals surface area contributed by atoms with E-state index < -0.39 is 5.51 Å². The van der Waals surface area contributed by atoms with Crippen molar-refractivity contribution in [1.29, 1.82) is 0 Å². The maximum Gasteiger partial charge on any atom is 0.446 e. The molecule has 0 unspecified atom stereocenters. The Morgan fingerprint density at radius 1 is 1.38 bits per heavy atom. The molecule has 0 fully saturated rings. The second-order valence-electron chi connectivity index (χ2n) is 3.36. The van der Waals surface area contributed by atoms with Crippen LogP contribution in [0.4, 0.5) is 13.2 Å². The van der Waals surface area contributed by atoms with Crippen LogP contribution in [0, 0.1) is 6.92 Å². The minimum absolute atomic E-state index is 0.124. The number of hydrogen-bond donors (Lipinski definition) is 0. The van der Waals surface area contributed by atoms with Crippen molar-refractivity contribution in [3.63, 3.8) is 0 Å². The van der Waals surface area contributed by atoms with Gasteiger partial charge < -0.3 is 4.79 Å². The van der Waals surface area contributed by atoms with Crippen molar-refractivity contribution in [2.45, 2.75) is 30.2 Å². The summed E-state index contributed by atoms with van der Waals surface area (Å²) in [4.78, 5) is 10.4. The Balaban J connectivity index is 2.93. The Morgan fingerprint density at radius 2 is 2.06 bits per heavy atom. The molecule has 5 heteroatoms. The van der Waals surface area contributed by atoms with Crippen LogP contribution < -0.4 is 0 Å². The molecule has 0 aromatic heterocycles. The molecule has 0 heterocycles. The standard InChI is InChI=1S/C11H11F3OS/c1-8-4-5-9(3-2-6-15)10(7-8)16-11(12,13)14/h4-7H,2-3H2,1H3. The number of alkyl halides is 3. The first-order valence-corrected chi connectivity index (χ1v) is 5.53. The Hall–Kier alpha value is -0.970. The van der Waals surface area contributed by atoms with Crippen LogP contribution in [0.15, 0.2) is 23.1 Å². The summed E-state index contributed by atoms with van der Waals surface area (Å²) >= 11 is -0.124. The highest BCUT2D eigenvalue weighted by Crippen LogP contribution is 2.39. The zero-order valence-electron chi connectivity index (χ0n) is 8.67. The number of carbonyl (C=O) groups excluding carboxylic acids is 1. The molecular weight excluding hydrogens is 237 g/mol. The third kappa shape index (κ3) is 4.26. The van der Waals surface area contributed by atoms with E-state index in [-0.39, 0.29) is 23.1 Å². The summed E-state index contributed by atoms with van der Waals surface area (Å²) in [7, 11) is 0. The molecule has 0 saturated heterocycles. The van der Waals surface area contributed by atoms with E-state index in [1.165, 1.54) is 6.07 Å². The van der Waals surface area contributed by atoms with Crippen LogP contribution in [0.25, 0.3) is 0 Å². The maximum atomic E-state index is 12.3. The van der Waals surface area contributed by atoms with E-state index in [1.807, 2.05) is 0 Å². The van der Waals surface area contributed by atoms with Crippen molar-refractivity contribution >= 4 is 18.0 Å². The van der Waals surface area contributed by atoms with Crippen LogP contribution in [0.2, 0.25) is 0 Å². The first-order valence-electron chi connectivity index (χ1n) is 4.71. The highest BCUT2D eigenvalue weighted by atomic mass is 32.2. The molecule has 0 amide bonds. The maximum absolute atomic E-state index is 12.3. The van der Waals surface area contributed by atoms with Crippen molar-refractivity contribution in [3.8, 4) is 0 Å². The molecule has 1 aromatic carbocycles. The molecule has 0 N–H and O–H groups in total. The minimum Gasteiger partial charge on any atom is -0.303 e. The van der Waals surface area contributed by atoms with Gasteiger partial charge in [-0.15, -0.1) is 0 Å². The molecule has 0 aliphatic carbocycles. The van der Waals surface area contributed by atoms with Gasteiger partial charge in [-0.05, 0) is 42.3 Å². The number of carbonyl (C=O) groups is 1. The molecule has 0 radical (unpaired) electrons. The minimum atomic E-state index is -4.29. The number of aldehydes is 1. The summed E-state index contributed by atoms with van der Waals surface area (Å²) in [6, 6.07) is 4.89. The third-order valence-electron chi connectivity index (χ3n) is 1.98. The first-order chi connectivity index (χ1) is 7.42. The van der Waals surface area contributed by atoms with Crippen molar-refractivity contribution < 1.29 is 18.0 Å². The van der Waals surface area contributed by atoms with Gasteiger partial charge >= 0.3 is 5.51 Å². The fourth-order valence-corrected chi connectivity index (χ4v) is 2.10. The molecule has 88 valence electrons. The first kappa shape index (κ1) is 13.1. The average Bonchev–Trinajstić information content (AvgIpc) is 2.14. The normalized spacial score (nSPS) is 11.5. The van der Waals surface area contributed by atoms with Gasteiger partial charge in [0.15, 0.2) is 0 Å². The smallest absolute Gasteiger partial charge is 0.303 e. The van der Waals surface area contributed by atoms with Gasteiger partial charge in [-0.2, -0.15) is 13.2 Å². The van der Waals surface area contributed by atoms with Crippen LogP contribution in [-0.2, 0) is 11.2 Å². The lowest BCUT2D eigenvalue weighted by Gasteiger charge is -2.11. The predicted molar refractivity (Wildman–Crippen MR) is 57.5 cm³/mol. The Bertz CT molecular complexity index is 374. The van der Waals surface area contributed by atoms with Gasteiger partial charge in [0.25, 0.3) is 0 Å². The predicted octanol–water partition coefficient (Wildman–Crippen LogP) is 3.74. The Labute approximate surface area is 96.0 Å². The molecule has 0 atom stereocenters. The molecule has 0 aliphatic heterocycles. The van der Waals surface area contributed by atoms with E-state index in [1.54, 1.807) is 19.1 Å². The van der Waals surface area contributed by atoms with Crippen molar-refractivity contribution in [1.82, 2.24) is 0 Å². The lowest BCUT2D eigenvalue weighted by atomic mass is 10.1. The molecule has 1 aromatic rings. The van der Waals surface area contributed by atoms with E-state index >= 15 is 0 Å². The van der Waals surface area contributed by atoms with Gasteiger partial charge in [-0.3, -0.25) is 0 Å². The fraction of sp³-hybridized carbons (Fsp3) is 0.364. The molecule has 1 rings (SSSR count). The number of thioether (sulfide) groups is 1. The lowest BCUT2D eigenvalue weighted by Crippen LogP contribution is -2.01. The summed E-state index contributed by atoms with van der Waals surface area (Å²) in [5.41, 5.74) is -2.94. The van der Waals surface area contributed by atoms with Gasteiger partial charge in [-0.1, -0.05) is 12.1 Å². The van der Waals surface area contributed by atoms with E-state index in [2.05, 4.69) is 0 Å².